The SMILES string of the molecule is CC(C)C1=C(c2ccc(Cl)cc2)Cc2nccnc21. The number of halogens is 1. The molecule has 19 heavy (non-hydrogen) atoms. The summed E-state index contributed by atoms with van der Waals surface area (Å²) >= 11 is 5.97. The summed E-state index contributed by atoms with van der Waals surface area (Å²) in [6.45, 7) is 4.41. The van der Waals surface area contributed by atoms with Gasteiger partial charge in [-0.05, 0) is 34.8 Å². The molecule has 0 atom stereocenters. The molecule has 0 aliphatic heterocycles. The van der Waals surface area contributed by atoms with Crippen LogP contribution in [-0.4, -0.2) is 9.97 Å². The van der Waals surface area contributed by atoms with Gasteiger partial charge in [-0.25, -0.2) is 0 Å². The molecule has 0 unspecified atom stereocenters. The molecular formula is C16H15ClN2. The van der Waals surface area contributed by atoms with Crippen LogP contribution in [0.2, 0.25) is 5.02 Å². The summed E-state index contributed by atoms with van der Waals surface area (Å²) in [5.74, 6) is 0.434. The minimum atomic E-state index is 0.434. The van der Waals surface area contributed by atoms with Gasteiger partial charge in [0.15, 0.2) is 0 Å². The van der Waals surface area contributed by atoms with Gasteiger partial charge >= 0.3 is 0 Å². The maximum atomic E-state index is 5.97. The van der Waals surface area contributed by atoms with E-state index in [9.17, 15) is 0 Å². The summed E-state index contributed by atoms with van der Waals surface area (Å²) in [4.78, 5) is 8.96. The number of aromatic nitrogens is 2. The summed E-state index contributed by atoms with van der Waals surface area (Å²) in [5, 5.41) is 0.766. The number of allylic oxidation sites excluding steroid dienone is 2. The third-order valence-electron chi connectivity index (χ3n) is 3.47. The number of hydrogen-bond acceptors (Lipinski definition) is 2. The highest BCUT2D eigenvalue weighted by atomic mass is 35.5. The Labute approximate surface area is 118 Å². The van der Waals surface area contributed by atoms with Crippen molar-refractivity contribution in [2.24, 2.45) is 5.92 Å². The molecule has 0 amide bonds. The second-order valence-corrected chi connectivity index (χ2v) is 5.52. The van der Waals surface area contributed by atoms with Gasteiger partial charge in [0, 0.05) is 23.8 Å². The first-order chi connectivity index (χ1) is 9.16. The van der Waals surface area contributed by atoms with Crippen LogP contribution in [0, 0.1) is 5.92 Å². The predicted octanol–water partition coefficient (Wildman–Crippen LogP) is 4.25. The molecule has 1 aromatic heterocycles. The monoisotopic (exact) mass is 270 g/mol. The summed E-state index contributed by atoms with van der Waals surface area (Å²) < 4.78 is 0. The van der Waals surface area contributed by atoms with Gasteiger partial charge in [0.1, 0.15) is 0 Å². The molecule has 2 nitrogen and oxygen atoms in total. The van der Waals surface area contributed by atoms with E-state index in [-0.39, 0.29) is 0 Å². The highest BCUT2D eigenvalue weighted by Gasteiger charge is 2.26. The van der Waals surface area contributed by atoms with Crippen LogP contribution in [0.3, 0.4) is 0 Å². The number of benzene rings is 1. The van der Waals surface area contributed by atoms with E-state index in [1.807, 2.05) is 12.1 Å². The Morgan fingerprint density at radius 1 is 1.05 bits per heavy atom. The predicted molar refractivity (Wildman–Crippen MR) is 78.8 cm³/mol. The quantitative estimate of drug-likeness (QED) is 0.815. The molecule has 0 fully saturated rings. The molecule has 2 aromatic rings. The molecule has 1 aliphatic carbocycles. The van der Waals surface area contributed by atoms with Crippen molar-refractivity contribution in [3.05, 3.63) is 58.6 Å². The summed E-state index contributed by atoms with van der Waals surface area (Å²) in [7, 11) is 0. The molecule has 0 N–H and O–H groups in total. The van der Waals surface area contributed by atoms with Crippen LogP contribution in [-0.2, 0) is 6.42 Å². The zero-order valence-electron chi connectivity index (χ0n) is 11.0. The van der Waals surface area contributed by atoms with Gasteiger partial charge in [-0.3, -0.25) is 9.97 Å². The van der Waals surface area contributed by atoms with Gasteiger partial charge in [-0.2, -0.15) is 0 Å². The first-order valence-electron chi connectivity index (χ1n) is 6.46. The molecule has 3 heteroatoms. The summed E-state index contributed by atoms with van der Waals surface area (Å²) in [5.41, 5.74) is 5.99. The third-order valence-corrected chi connectivity index (χ3v) is 3.72. The molecule has 1 aromatic carbocycles. The average molecular weight is 271 g/mol. The minimum absolute atomic E-state index is 0.434. The van der Waals surface area contributed by atoms with Crippen LogP contribution in [0.4, 0.5) is 0 Å². The van der Waals surface area contributed by atoms with Gasteiger partial charge in [-0.15, -0.1) is 0 Å². The van der Waals surface area contributed by atoms with Crippen molar-refractivity contribution < 1.29 is 0 Å². The van der Waals surface area contributed by atoms with Gasteiger partial charge in [0.05, 0.1) is 11.4 Å². The van der Waals surface area contributed by atoms with Gasteiger partial charge in [-0.1, -0.05) is 37.6 Å². The average Bonchev–Trinajstić information content (AvgIpc) is 2.78. The molecule has 1 aliphatic rings. The molecule has 96 valence electrons. The molecule has 0 bridgehead atoms. The van der Waals surface area contributed by atoms with Crippen molar-refractivity contribution in [2.45, 2.75) is 20.3 Å². The Morgan fingerprint density at radius 2 is 1.74 bits per heavy atom. The van der Waals surface area contributed by atoms with Crippen LogP contribution >= 0.6 is 11.6 Å². The Morgan fingerprint density at radius 3 is 2.42 bits per heavy atom. The Kier molecular flexibility index (Phi) is 3.11. The van der Waals surface area contributed by atoms with Crippen molar-refractivity contribution in [3.63, 3.8) is 0 Å². The summed E-state index contributed by atoms with van der Waals surface area (Å²) in [6, 6.07) is 8.02. The van der Waals surface area contributed by atoms with Gasteiger partial charge in [0.2, 0.25) is 0 Å². The molecule has 0 saturated carbocycles. The lowest BCUT2D eigenvalue weighted by molar-refractivity contribution is 0.851. The van der Waals surface area contributed by atoms with E-state index < -0.39 is 0 Å². The lowest BCUT2D eigenvalue weighted by Gasteiger charge is -2.11. The Hall–Kier alpha value is -1.67. The fourth-order valence-corrected chi connectivity index (χ4v) is 2.78. The van der Waals surface area contributed by atoms with Crippen molar-refractivity contribution in [2.75, 3.05) is 0 Å². The van der Waals surface area contributed by atoms with E-state index in [0.29, 0.717) is 5.92 Å². The Bertz CT molecular complexity index is 642. The second kappa shape index (κ2) is 4.78. The van der Waals surface area contributed by atoms with E-state index in [1.165, 1.54) is 16.7 Å². The topological polar surface area (TPSA) is 25.8 Å². The zero-order valence-corrected chi connectivity index (χ0v) is 11.8. The van der Waals surface area contributed by atoms with Crippen LogP contribution in [0.1, 0.15) is 30.8 Å². The van der Waals surface area contributed by atoms with Crippen molar-refractivity contribution >= 4 is 22.7 Å². The minimum Gasteiger partial charge on any atom is -0.257 e. The van der Waals surface area contributed by atoms with E-state index in [0.717, 1.165) is 22.8 Å². The van der Waals surface area contributed by atoms with E-state index >= 15 is 0 Å². The maximum Gasteiger partial charge on any atom is 0.0886 e. The van der Waals surface area contributed by atoms with E-state index in [1.54, 1.807) is 12.4 Å². The highest BCUT2D eigenvalue weighted by Crippen LogP contribution is 2.40. The van der Waals surface area contributed by atoms with E-state index in [2.05, 4.69) is 35.9 Å². The van der Waals surface area contributed by atoms with Gasteiger partial charge < -0.3 is 0 Å². The molecule has 0 radical (unpaired) electrons. The first-order valence-corrected chi connectivity index (χ1v) is 6.84. The lowest BCUT2D eigenvalue weighted by Crippen LogP contribution is -1.97. The largest absolute Gasteiger partial charge is 0.257 e. The van der Waals surface area contributed by atoms with Crippen LogP contribution < -0.4 is 0 Å². The number of fused-ring (bicyclic) bond motifs is 1. The van der Waals surface area contributed by atoms with E-state index in [4.69, 9.17) is 11.6 Å². The van der Waals surface area contributed by atoms with Crippen molar-refractivity contribution in [1.29, 1.82) is 0 Å². The molecule has 0 saturated heterocycles. The normalized spacial score (nSPS) is 14.1. The second-order valence-electron chi connectivity index (χ2n) is 5.08. The van der Waals surface area contributed by atoms with Crippen LogP contribution in [0.25, 0.3) is 11.1 Å². The van der Waals surface area contributed by atoms with Crippen LogP contribution in [0.15, 0.2) is 36.7 Å². The summed E-state index contributed by atoms with van der Waals surface area (Å²) in [6.07, 6.45) is 4.39. The lowest BCUT2D eigenvalue weighted by atomic mass is 9.94. The fraction of sp³-hybridized carbons (Fsp3) is 0.250. The number of rotatable bonds is 2. The number of hydrogen-bond donors (Lipinski definition) is 0. The van der Waals surface area contributed by atoms with Crippen molar-refractivity contribution in [3.8, 4) is 0 Å². The molecule has 3 rings (SSSR count). The van der Waals surface area contributed by atoms with Crippen molar-refractivity contribution in [1.82, 2.24) is 9.97 Å². The zero-order chi connectivity index (χ0) is 13.4. The fourth-order valence-electron chi connectivity index (χ4n) is 2.66. The third kappa shape index (κ3) is 2.17. The smallest absolute Gasteiger partial charge is 0.0886 e. The number of nitrogens with zero attached hydrogens (tertiary/aromatic N) is 2. The molecular weight excluding hydrogens is 256 g/mol. The Balaban J connectivity index is 2.14. The maximum absolute atomic E-state index is 5.97. The standard InChI is InChI=1S/C16H15ClN2/c1-10(2)15-13(11-3-5-12(17)6-4-11)9-14-16(15)19-8-7-18-14/h3-8,10H,9H2,1-2H3. The van der Waals surface area contributed by atoms with Crippen LogP contribution in [0.5, 0.6) is 0 Å². The molecule has 1 heterocycles. The molecule has 0 spiro atoms. The first kappa shape index (κ1) is 12.4. The van der Waals surface area contributed by atoms with Gasteiger partial charge in [0.25, 0.3) is 0 Å². The highest BCUT2D eigenvalue weighted by molar-refractivity contribution is 6.30.